The number of nitrogens with zero attached hydrogens (tertiary/aromatic N) is 3. The van der Waals surface area contributed by atoms with Gasteiger partial charge in [-0.2, -0.15) is 0 Å². The van der Waals surface area contributed by atoms with Gasteiger partial charge in [-0.15, -0.1) is 0 Å². The number of fused-ring (bicyclic) bond motifs is 1. The van der Waals surface area contributed by atoms with Crippen LogP contribution in [-0.4, -0.2) is 93.3 Å². The Morgan fingerprint density at radius 1 is 0.939 bits per heavy atom. The molecule has 0 bridgehead atoms. The molecule has 0 aromatic carbocycles. The molecule has 5 rings (SSSR count). The first-order chi connectivity index (χ1) is 23.4. The van der Waals surface area contributed by atoms with Gasteiger partial charge in [0, 0.05) is 6.20 Å². The minimum atomic E-state index is -1.73. The molecule has 0 unspecified atom stereocenters. The zero-order chi connectivity index (χ0) is 35.3. The van der Waals surface area contributed by atoms with Crippen LogP contribution in [0.2, 0.25) is 0 Å². The molecule has 2 saturated heterocycles. The molecule has 4 N–H and O–H groups in total. The first-order valence-corrected chi connectivity index (χ1v) is 22.1. The van der Waals surface area contributed by atoms with Crippen LogP contribution in [0.4, 0.5) is 0 Å². The molecule has 3 heterocycles. The third-order valence-electron chi connectivity index (χ3n) is 10.00. The number of rotatable bonds is 13. The second-order valence-electron chi connectivity index (χ2n) is 14.9. The van der Waals surface area contributed by atoms with Crippen LogP contribution in [0.1, 0.15) is 109 Å². The number of carbonyl (C=O) groups excluding carboxylic acids is 6. The van der Waals surface area contributed by atoms with E-state index in [-0.39, 0.29) is 27.5 Å². The molecule has 5 atom stereocenters. The van der Waals surface area contributed by atoms with Gasteiger partial charge in [0.25, 0.3) is 0 Å². The maximum atomic E-state index is 14.6. The maximum absolute atomic E-state index is 14.6. The van der Waals surface area contributed by atoms with Crippen molar-refractivity contribution in [3.8, 4) is 0 Å². The molecule has 0 spiro atoms. The number of nitrogens with one attached hydrogen (secondary N) is 4. The Morgan fingerprint density at radius 2 is 1.67 bits per heavy atom. The van der Waals surface area contributed by atoms with Crippen molar-refractivity contribution in [2.45, 2.75) is 132 Å². The molecule has 1 aromatic heterocycles. The summed E-state index contributed by atoms with van der Waals surface area (Å²) in [4.78, 5) is 91.6. The van der Waals surface area contributed by atoms with Crippen molar-refractivity contribution in [1.29, 1.82) is 0 Å². The summed E-state index contributed by atoms with van der Waals surface area (Å²) in [7, 11) is 0. The fraction of sp³-hybridized carbons (Fsp3) is 0.714. The van der Waals surface area contributed by atoms with Crippen molar-refractivity contribution in [3.63, 3.8) is 0 Å². The van der Waals surface area contributed by atoms with Crippen LogP contribution >= 0.6 is 0 Å². The molecular formula is C35H52IN7O6-. The number of hydrogen-bond donors (Lipinski definition) is 4. The number of amides is 5. The molecule has 2 saturated carbocycles. The number of halogens is 1. The predicted octanol–water partition coefficient (Wildman–Crippen LogP) is -1.23. The zero-order valence-corrected chi connectivity index (χ0v) is 31.3. The molecule has 2 aliphatic carbocycles. The van der Waals surface area contributed by atoms with E-state index in [0.717, 1.165) is 62.2 Å². The van der Waals surface area contributed by atoms with E-state index >= 15 is 0 Å². The van der Waals surface area contributed by atoms with E-state index in [4.69, 9.17) is 0 Å². The van der Waals surface area contributed by atoms with Gasteiger partial charge in [-0.05, 0) is 0 Å². The fourth-order valence-corrected chi connectivity index (χ4v) is 14.9. The number of hydrogen-bond acceptors (Lipinski definition) is 8. The molecule has 271 valence electrons. The number of carbonyl (C=O) groups is 6. The predicted molar refractivity (Wildman–Crippen MR) is 178 cm³/mol. The number of Topliss-reactive ketones (excluding diaryl/α,β-unsaturated/α-hetero) is 1. The summed E-state index contributed by atoms with van der Waals surface area (Å²) >= 11 is -1.73. The molecule has 1 aromatic rings. The Morgan fingerprint density at radius 3 is 2.31 bits per heavy atom. The van der Waals surface area contributed by atoms with Gasteiger partial charge in [-0.25, -0.2) is 0 Å². The SMILES string of the molecule is CCC[C@@H](NC(=O)[C@@H]1[C@@H]2CCC[I-]2CN1C(=O)[C@@H](NC(=O)[C@H](NC(=O)c1cnccn1)C1CCCCC1)C(C)(C)C)C(=O)C(=O)NC1CC1. The Balaban J connectivity index is 1.36. The van der Waals surface area contributed by atoms with E-state index in [1.54, 1.807) is 4.90 Å². The van der Waals surface area contributed by atoms with Crippen LogP contribution in [-0.2, 0) is 24.0 Å². The molecule has 14 heteroatoms. The number of alkyl halides is 3. The van der Waals surface area contributed by atoms with Gasteiger partial charge in [0.2, 0.25) is 0 Å². The van der Waals surface area contributed by atoms with E-state index in [9.17, 15) is 28.8 Å². The Hall–Kier alpha value is -3.17. The van der Waals surface area contributed by atoms with Gasteiger partial charge in [0.15, 0.2) is 0 Å². The standard InChI is InChI=1S/C35H52IN7O6/c1-5-10-24(28(44)33(48)39-22-14-15-22)40-32(47)27-23-13-9-16-36(23)20-43(27)34(49)29(35(2,3)4)42-31(46)26(21-11-7-6-8-12-21)41-30(45)25-19-37-17-18-38-25/h17-19,21-24,26-27,29H,5-16,20H2,1-4H3,(H,39,48)(H,40,47)(H,41,45)(H,42,46)/q-1/t23-,24+,26+,27-,29+/m0/s1. The summed E-state index contributed by atoms with van der Waals surface area (Å²) in [6.45, 7) is 7.53. The van der Waals surface area contributed by atoms with Crippen LogP contribution in [0, 0.1) is 11.3 Å². The summed E-state index contributed by atoms with van der Waals surface area (Å²) in [6, 6.07) is -3.55. The van der Waals surface area contributed by atoms with E-state index < -0.39 is 78.8 Å². The average molecular weight is 794 g/mol. The first kappa shape index (κ1) is 37.1. The van der Waals surface area contributed by atoms with E-state index in [1.807, 2.05) is 27.7 Å². The zero-order valence-electron chi connectivity index (χ0n) is 29.1. The van der Waals surface area contributed by atoms with Crippen LogP contribution in [0.25, 0.3) is 0 Å². The quantitative estimate of drug-likeness (QED) is 0.0831. The monoisotopic (exact) mass is 793 g/mol. The van der Waals surface area contributed by atoms with Crippen LogP contribution < -0.4 is 41.1 Å². The molecule has 2 aliphatic heterocycles. The van der Waals surface area contributed by atoms with Crippen molar-refractivity contribution < 1.29 is 48.6 Å². The molecule has 5 amide bonds. The van der Waals surface area contributed by atoms with Gasteiger partial charge < -0.3 is 0 Å². The summed E-state index contributed by atoms with van der Waals surface area (Å²) in [6.07, 6.45) is 13.2. The van der Waals surface area contributed by atoms with Gasteiger partial charge in [0.1, 0.15) is 0 Å². The number of ketones is 1. The topological polar surface area (TPSA) is 180 Å². The Labute approximate surface area is 296 Å². The minimum absolute atomic E-state index is 0.0194. The van der Waals surface area contributed by atoms with Crippen molar-refractivity contribution in [1.82, 2.24) is 36.1 Å². The van der Waals surface area contributed by atoms with E-state index in [1.165, 1.54) is 18.6 Å². The second kappa shape index (κ2) is 16.2. The summed E-state index contributed by atoms with van der Waals surface area (Å²) in [5.41, 5.74) is -0.615. The van der Waals surface area contributed by atoms with Gasteiger partial charge >= 0.3 is 291 Å². The fourth-order valence-electron chi connectivity index (χ4n) is 7.15. The van der Waals surface area contributed by atoms with Gasteiger partial charge in [0.05, 0.1) is 0 Å². The second-order valence-corrected chi connectivity index (χ2v) is 21.1. The Bertz CT molecular complexity index is 1390. The first-order valence-electron chi connectivity index (χ1n) is 17.8. The Kier molecular flexibility index (Phi) is 12.3. The molecule has 4 fully saturated rings. The van der Waals surface area contributed by atoms with Crippen molar-refractivity contribution >= 4 is 35.3 Å². The van der Waals surface area contributed by atoms with Crippen molar-refractivity contribution in [3.05, 3.63) is 24.3 Å². The molecule has 49 heavy (non-hydrogen) atoms. The molecule has 13 nitrogen and oxygen atoms in total. The average Bonchev–Trinajstić information content (AvgIpc) is 3.65. The van der Waals surface area contributed by atoms with Crippen LogP contribution in [0.15, 0.2) is 18.6 Å². The summed E-state index contributed by atoms with van der Waals surface area (Å²) < 4.78 is 1.63. The molecule has 1 radical (unpaired) electrons. The van der Waals surface area contributed by atoms with Crippen molar-refractivity contribution in [2.24, 2.45) is 11.3 Å². The molecular weight excluding hydrogens is 741 g/mol. The molecule has 4 aliphatic rings. The van der Waals surface area contributed by atoms with E-state index in [0.29, 0.717) is 17.4 Å². The summed E-state index contributed by atoms with van der Waals surface area (Å²) in [5.74, 6) is -3.11. The number of aromatic nitrogens is 2. The third-order valence-corrected chi connectivity index (χ3v) is 17.3. The third kappa shape index (κ3) is 9.14. The van der Waals surface area contributed by atoms with E-state index in [2.05, 4.69) is 31.2 Å². The van der Waals surface area contributed by atoms with Crippen molar-refractivity contribution in [2.75, 3.05) is 8.98 Å². The van der Waals surface area contributed by atoms with Gasteiger partial charge in [-0.1, -0.05) is 0 Å². The van der Waals surface area contributed by atoms with Gasteiger partial charge in [-0.3, -0.25) is 0 Å². The summed E-state index contributed by atoms with van der Waals surface area (Å²) in [5, 5.41) is 11.5. The van der Waals surface area contributed by atoms with Crippen LogP contribution in [0.3, 0.4) is 0 Å². The van der Waals surface area contributed by atoms with Crippen LogP contribution in [0.5, 0.6) is 0 Å². The normalized spacial score (nSPS) is 23.5.